The van der Waals surface area contributed by atoms with E-state index in [1.807, 2.05) is 0 Å². The third kappa shape index (κ3) is 2.57. The first-order chi connectivity index (χ1) is 7.78. The molecule has 0 fully saturated rings. The summed E-state index contributed by atoms with van der Waals surface area (Å²) in [4.78, 5) is 0. The average molecular weight is 219 g/mol. The van der Waals surface area contributed by atoms with Gasteiger partial charge in [-0.25, -0.2) is 8.78 Å². The zero-order valence-electron chi connectivity index (χ0n) is 8.36. The Morgan fingerprint density at radius 2 is 1.69 bits per heavy atom. The molecule has 2 aromatic carbocycles. The molecule has 0 spiro atoms. The van der Waals surface area contributed by atoms with Gasteiger partial charge in [-0.3, -0.25) is 0 Å². The van der Waals surface area contributed by atoms with Gasteiger partial charge in [0, 0.05) is 0 Å². The predicted molar refractivity (Wildman–Crippen MR) is 57.4 cm³/mol. The van der Waals surface area contributed by atoms with Gasteiger partial charge in [-0.15, -0.1) is 0 Å². The standard InChI is InChI=1S/C13H9F2O/c14-9-10-2-1-3-13(8-10)16-12-6-4-11(15)5-7-12/h1-9H. The lowest BCUT2D eigenvalue weighted by Crippen LogP contribution is -1.85. The van der Waals surface area contributed by atoms with Crippen LogP contribution in [0.15, 0.2) is 48.5 Å². The van der Waals surface area contributed by atoms with Crippen LogP contribution in [-0.4, -0.2) is 0 Å². The molecule has 0 saturated heterocycles. The van der Waals surface area contributed by atoms with E-state index in [9.17, 15) is 8.78 Å². The number of benzene rings is 2. The van der Waals surface area contributed by atoms with Crippen molar-refractivity contribution in [1.29, 1.82) is 0 Å². The monoisotopic (exact) mass is 219 g/mol. The van der Waals surface area contributed by atoms with Gasteiger partial charge in [0.05, 0.1) is 0 Å². The van der Waals surface area contributed by atoms with Crippen molar-refractivity contribution >= 4 is 0 Å². The lowest BCUT2D eigenvalue weighted by atomic mass is 10.2. The molecule has 1 nitrogen and oxygen atoms in total. The maximum atomic E-state index is 12.6. The Bertz CT molecular complexity index is 466. The fraction of sp³-hybridized carbons (Fsp3) is 0. The average Bonchev–Trinajstić information content (AvgIpc) is 2.32. The summed E-state index contributed by atoms with van der Waals surface area (Å²) in [5, 5.41) is 0. The second-order valence-corrected chi connectivity index (χ2v) is 3.24. The molecule has 0 bridgehead atoms. The van der Waals surface area contributed by atoms with E-state index in [0.29, 0.717) is 23.7 Å². The molecule has 0 N–H and O–H groups in total. The molecule has 0 aliphatic heterocycles. The highest BCUT2D eigenvalue weighted by Gasteiger charge is 1.99. The molecule has 81 valence electrons. The van der Waals surface area contributed by atoms with Gasteiger partial charge in [0.1, 0.15) is 17.3 Å². The largest absolute Gasteiger partial charge is 0.457 e. The molecule has 0 aliphatic carbocycles. The number of hydrogen-bond acceptors (Lipinski definition) is 1. The Morgan fingerprint density at radius 3 is 2.38 bits per heavy atom. The highest BCUT2D eigenvalue weighted by molar-refractivity contribution is 5.35. The normalized spacial score (nSPS) is 10.1. The fourth-order valence-electron chi connectivity index (χ4n) is 1.28. The van der Waals surface area contributed by atoms with Crippen LogP contribution in [-0.2, 0) is 0 Å². The van der Waals surface area contributed by atoms with Crippen LogP contribution in [0, 0.1) is 12.5 Å². The van der Waals surface area contributed by atoms with Gasteiger partial charge < -0.3 is 4.74 Å². The molecule has 3 heteroatoms. The van der Waals surface area contributed by atoms with Crippen LogP contribution in [0.3, 0.4) is 0 Å². The van der Waals surface area contributed by atoms with Crippen molar-refractivity contribution in [2.24, 2.45) is 0 Å². The minimum absolute atomic E-state index is 0.321. The second kappa shape index (κ2) is 4.75. The van der Waals surface area contributed by atoms with E-state index >= 15 is 0 Å². The molecule has 0 saturated carbocycles. The van der Waals surface area contributed by atoms with Crippen molar-refractivity contribution in [1.82, 2.24) is 0 Å². The van der Waals surface area contributed by atoms with Crippen LogP contribution in [0.4, 0.5) is 8.78 Å². The molecule has 0 atom stereocenters. The molecule has 0 amide bonds. The molecule has 2 rings (SSSR count). The maximum Gasteiger partial charge on any atom is 0.161 e. The van der Waals surface area contributed by atoms with E-state index in [1.165, 1.54) is 24.3 Å². The Hall–Kier alpha value is -1.90. The molecular weight excluding hydrogens is 210 g/mol. The summed E-state index contributed by atoms with van der Waals surface area (Å²) in [5.41, 5.74) is 0.430. The van der Waals surface area contributed by atoms with E-state index < -0.39 is 0 Å². The first-order valence-corrected chi connectivity index (χ1v) is 4.75. The highest BCUT2D eigenvalue weighted by atomic mass is 19.1. The van der Waals surface area contributed by atoms with Crippen molar-refractivity contribution in [2.75, 3.05) is 0 Å². The third-order valence-corrected chi connectivity index (χ3v) is 2.03. The number of rotatable bonds is 3. The molecule has 0 unspecified atom stereocenters. The predicted octanol–water partition coefficient (Wildman–Crippen LogP) is 4.10. The van der Waals surface area contributed by atoms with Crippen molar-refractivity contribution < 1.29 is 13.5 Å². The van der Waals surface area contributed by atoms with Gasteiger partial charge in [0.15, 0.2) is 6.67 Å². The minimum atomic E-state index is -0.321. The molecule has 0 heterocycles. The first kappa shape index (κ1) is 10.6. The van der Waals surface area contributed by atoms with Crippen molar-refractivity contribution in [2.45, 2.75) is 0 Å². The summed E-state index contributed by atoms with van der Waals surface area (Å²) in [6.45, 7) is 0.498. The summed E-state index contributed by atoms with van der Waals surface area (Å²) in [7, 11) is 0. The minimum Gasteiger partial charge on any atom is -0.457 e. The highest BCUT2D eigenvalue weighted by Crippen LogP contribution is 2.22. The van der Waals surface area contributed by atoms with Gasteiger partial charge >= 0.3 is 0 Å². The Balaban J connectivity index is 2.16. The van der Waals surface area contributed by atoms with Crippen LogP contribution < -0.4 is 4.74 Å². The van der Waals surface area contributed by atoms with Crippen LogP contribution >= 0.6 is 0 Å². The molecule has 0 aliphatic rings. The molecule has 16 heavy (non-hydrogen) atoms. The van der Waals surface area contributed by atoms with Gasteiger partial charge in [-0.1, -0.05) is 12.1 Å². The number of hydrogen-bond donors (Lipinski definition) is 0. The van der Waals surface area contributed by atoms with Crippen molar-refractivity contribution in [3.63, 3.8) is 0 Å². The van der Waals surface area contributed by atoms with Gasteiger partial charge in [0.25, 0.3) is 0 Å². The van der Waals surface area contributed by atoms with Crippen molar-refractivity contribution in [3.8, 4) is 11.5 Å². The van der Waals surface area contributed by atoms with Gasteiger partial charge in [0.2, 0.25) is 0 Å². The van der Waals surface area contributed by atoms with Gasteiger partial charge in [-0.05, 0) is 42.0 Å². The summed E-state index contributed by atoms with van der Waals surface area (Å²) in [6, 6.07) is 12.2. The quantitative estimate of drug-likeness (QED) is 0.755. The van der Waals surface area contributed by atoms with Crippen LogP contribution in [0.5, 0.6) is 11.5 Å². The van der Waals surface area contributed by atoms with Crippen LogP contribution in [0.1, 0.15) is 5.56 Å². The SMILES string of the molecule is F[CH]c1cccc(Oc2ccc(F)cc2)c1. The molecule has 1 radical (unpaired) electrons. The number of ether oxygens (including phenoxy) is 1. The summed E-state index contributed by atoms with van der Waals surface area (Å²) in [5.74, 6) is 0.702. The zero-order chi connectivity index (χ0) is 11.4. The van der Waals surface area contributed by atoms with E-state index in [0.717, 1.165) is 0 Å². The molecule has 2 aromatic rings. The first-order valence-electron chi connectivity index (χ1n) is 4.75. The van der Waals surface area contributed by atoms with Crippen LogP contribution in [0.25, 0.3) is 0 Å². The van der Waals surface area contributed by atoms with Crippen LogP contribution in [0.2, 0.25) is 0 Å². The molecular formula is C13H9F2O. The fourth-order valence-corrected chi connectivity index (χ4v) is 1.28. The Kier molecular flexibility index (Phi) is 3.15. The summed E-state index contributed by atoms with van der Waals surface area (Å²) < 4.78 is 30.3. The van der Waals surface area contributed by atoms with Crippen molar-refractivity contribution in [3.05, 3.63) is 66.6 Å². The van der Waals surface area contributed by atoms with Gasteiger partial charge in [-0.2, -0.15) is 0 Å². The third-order valence-electron chi connectivity index (χ3n) is 2.03. The Labute approximate surface area is 92.3 Å². The summed E-state index contributed by atoms with van der Waals surface area (Å²) >= 11 is 0. The lowest BCUT2D eigenvalue weighted by Gasteiger charge is -2.05. The number of halogens is 2. The topological polar surface area (TPSA) is 9.23 Å². The summed E-state index contributed by atoms with van der Waals surface area (Å²) in [6.07, 6.45) is 0. The molecule has 0 aromatic heterocycles. The van der Waals surface area contributed by atoms with E-state index in [1.54, 1.807) is 24.3 Å². The van der Waals surface area contributed by atoms with E-state index in [-0.39, 0.29) is 5.82 Å². The smallest absolute Gasteiger partial charge is 0.161 e. The van der Waals surface area contributed by atoms with E-state index in [2.05, 4.69) is 0 Å². The zero-order valence-corrected chi connectivity index (χ0v) is 8.36. The maximum absolute atomic E-state index is 12.6. The lowest BCUT2D eigenvalue weighted by molar-refractivity contribution is 0.479. The Morgan fingerprint density at radius 1 is 0.938 bits per heavy atom. The second-order valence-electron chi connectivity index (χ2n) is 3.24. The van der Waals surface area contributed by atoms with E-state index in [4.69, 9.17) is 4.74 Å².